The first kappa shape index (κ1) is 19.0. The second-order valence-electron chi connectivity index (χ2n) is 9.25. The highest BCUT2D eigenvalue weighted by Gasteiger charge is 2.41. The average Bonchev–Trinajstić information content (AvgIpc) is 3.40. The van der Waals surface area contributed by atoms with Gasteiger partial charge in [-0.25, -0.2) is 0 Å². The van der Waals surface area contributed by atoms with Crippen molar-refractivity contribution >= 4 is 5.91 Å². The van der Waals surface area contributed by atoms with Gasteiger partial charge in [-0.1, -0.05) is 13.8 Å². The minimum atomic E-state index is 0.148. The molecule has 3 aliphatic rings. The van der Waals surface area contributed by atoms with Crippen LogP contribution < -0.4 is 0 Å². The zero-order valence-corrected chi connectivity index (χ0v) is 16.9. The van der Waals surface area contributed by atoms with Crippen LogP contribution in [0.2, 0.25) is 0 Å². The summed E-state index contributed by atoms with van der Waals surface area (Å²) in [5.41, 5.74) is 1.15. The second kappa shape index (κ2) is 8.34. The Kier molecular flexibility index (Phi) is 5.86. The molecule has 0 spiro atoms. The quantitative estimate of drug-likeness (QED) is 0.816. The number of aromatic nitrogens is 2. The molecule has 2 saturated carbocycles. The molecule has 1 aromatic rings. The van der Waals surface area contributed by atoms with Gasteiger partial charge in [0.05, 0.1) is 18.8 Å². The number of nitrogens with zero attached hydrogens (tertiary/aromatic N) is 2. The van der Waals surface area contributed by atoms with Crippen LogP contribution in [0.25, 0.3) is 0 Å². The number of H-pyrrole nitrogens is 1. The Hall–Kier alpha value is -1.36. The normalized spacial score (nSPS) is 32.0. The van der Waals surface area contributed by atoms with Gasteiger partial charge in [0.25, 0.3) is 0 Å². The van der Waals surface area contributed by atoms with Crippen molar-refractivity contribution in [2.75, 3.05) is 13.2 Å². The third kappa shape index (κ3) is 4.39. The molecule has 3 fully saturated rings. The van der Waals surface area contributed by atoms with Crippen LogP contribution in [-0.4, -0.2) is 46.3 Å². The van der Waals surface area contributed by atoms with Crippen LogP contribution in [0.3, 0.4) is 0 Å². The number of carbonyl (C=O) groups excluding carboxylic acids is 1. The van der Waals surface area contributed by atoms with Crippen molar-refractivity contribution in [3.63, 3.8) is 0 Å². The fourth-order valence-corrected chi connectivity index (χ4v) is 5.09. The first-order valence-corrected chi connectivity index (χ1v) is 11.0. The molecule has 1 saturated heterocycles. The van der Waals surface area contributed by atoms with E-state index >= 15 is 0 Å². The van der Waals surface area contributed by atoms with Crippen LogP contribution in [0.5, 0.6) is 0 Å². The fraction of sp³-hybridized carbons (Fsp3) is 0.818. The molecule has 0 aromatic carbocycles. The first-order chi connectivity index (χ1) is 13.1. The van der Waals surface area contributed by atoms with Gasteiger partial charge >= 0.3 is 0 Å². The summed E-state index contributed by atoms with van der Waals surface area (Å²) in [6, 6.07) is 2.21. The molecular formula is C22H35N3O2. The molecule has 0 bridgehead atoms. The largest absolute Gasteiger partial charge is 0.376 e. The van der Waals surface area contributed by atoms with E-state index in [1.165, 1.54) is 25.7 Å². The lowest BCUT2D eigenvalue weighted by Gasteiger charge is -2.42. The summed E-state index contributed by atoms with van der Waals surface area (Å²) in [6.07, 6.45) is 11.4. The minimum absolute atomic E-state index is 0.148. The van der Waals surface area contributed by atoms with Gasteiger partial charge in [0.15, 0.2) is 0 Å². The van der Waals surface area contributed by atoms with Crippen molar-refractivity contribution < 1.29 is 9.53 Å². The average molecular weight is 374 g/mol. The SMILES string of the molecule is CC(C)C1CCC(OC[C@H]2[C@@H](c3ccn[nH]3)CCCN2C(=O)C2CC2)CC1. The van der Waals surface area contributed by atoms with Crippen molar-refractivity contribution in [1.82, 2.24) is 15.1 Å². The smallest absolute Gasteiger partial charge is 0.226 e. The number of aromatic amines is 1. The second-order valence-corrected chi connectivity index (χ2v) is 9.25. The van der Waals surface area contributed by atoms with Gasteiger partial charge in [-0.2, -0.15) is 5.10 Å². The molecule has 1 N–H and O–H groups in total. The van der Waals surface area contributed by atoms with E-state index in [2.05, 4.69) is 35.0 Å². The summed E-state index contributed by atoms with van der Waals surface area (Å²) in [5, 5.41) is 7.31. The lowest BCUT2D eigenvalue weighted by Crippen LogP contribution is -2.51. The van der Waals surface area contributed by atoms with Crippen LogP contribution >= 0.6 is 0 Å². The van der Waals surface area contributed by atoms with Crippen LogP contribution in [0, 0.1) is 17.8 Å². The minimum Gasteiger partial charge on any atom is -0.376 e. The Morgan fingerprint density at radius 3 is 2.63 bits per heavy atom. The number of piperidine rings is 1. The van der Waals surface area contributed by atoms with Crippen molar-refractivity contribution in [3.05, 3.63) is 18.0 Å². The number of carbonyl (C=O) groups is 1. The fourth-order valence-electron chi connectivity index (χ4n) is 5.09. The molecule has 1 aliphatic heterocycles. The number of nitrogens with one attached hydrogen (secondary N) is 1. The molecule has 2 atom stereocenters. The van der Waals surface area contributed by atoms with Crippen molar-refractivity contribution in [3.8, 4) is 0 Å². The summed E-state index contributed by atoms with van der Waals surface area (Å²) in [5.74, 6) is 2.58. The summed E-state index contributed by atoms with van der Waals surface area (Å²) in [4.78, 5) is 15.0. The monoisotopic (exact) mass is 373 g/mol. The molecule has 27 heavy (non-hydrogen) atoms. The number of ether oxygens (including phenoxy) is 1. The number of hydrogen-bond donors (Lipinski definition) is 1. The molecule has 0 unspecified atom stereocenters. The zero-order valence-electron chi connectivity index (χ0n) is 16.9. The Balaban J connectivity index is 1.41. The summed E-state index contributed by atoms with van der Waals surface area (Å²) in [6.45, 7) is 6.22. The highest BCUT2D eigenvalue weighted by Crippen LogP contribution is 2.38. The van der Waals surface area contributed by atoms with Crippen molar-refractivity contribution in [2.45, 2.75) is 83.3 Å². The third-order valence-corrected chi connectivity index (χ3v) is 7.07. The molecule has 2 heterocycles. The molecule has 5 heteroatoms. The Morgan fingerprint density at radius 2 is 2.00 bits per heavy atom. The molecule has 1 amide bonds. The molecule has 0 radical (unpaired) electrons. The lowest BCUT2D eigenvalue weighted by molar-refractivity contribution is -0.140. The van der Waals surface area contributed by atoms with Crippen molar-refractivity contribution in [1.29, 1.82) is 0 Å². The van der Waals surface area contributed by atoms with Crippen LogP contribution in [0.4, 0.5) is 0 Å². The van der Waals surface area contributed by atoms with E-state index in [0.717, 1.165) is 49.8 Å². The Bertz CT molecular complexity index is 603. The van der Waals surface area contributed by atoms with E-state index < -0.39 is 0 Å². The predicted octanol–water partition coefficient (Wildman–Crippen LogP) is 4.13. The first-order valence-electron chi connectivity index (χ1n) is 11.0. The summed E-state index contributed by atoms with van der Waals surface area (Å²) >= 11 is 0. The van der Waals surface area contributed by atoms with Gasteiger partial charge in [-0.3, -0.25) is 9.89 Å². The van der Waals surface area contributed by atoms with E-state index in [1.807, 2.05) is 6.20 Å². The van der Waals surface area contributed by atoms with E-state index in [1.54, 1.807) is 0 Å². The van der Waals surface area contributed by atoms with Gasteiger partial charge < -0.3 is 9.64 Å². The molecule has 1 aromatic heterocycles. The topological polar surface area (TPSA) is 58.2 Å². The van der Waals surface area contributed by atoms with Crippen molar-refractivity contribution in [2.24, 2.45) is 17.8 Å². The number of hydrogen-bond acceptors (Lipinski definition) is 3. The Morgan fingerprint density at radius 1 is 1.22 bits per heavy atom. The Labute approximate surface area is 163 Å². The van der Waals surface area contributed by atoms with E-state index in [4.69, 9.17) is 4.74 Å². The van der Waals surface area contributed by atoms with E-state index in [9.17, 15) is 4.79 Å². The standard InChI is InChI=1S/C22H35N3O2/c1-15(2)16-7-9-18(10-8-16)27-14-21-19(20-11-12-23-24-20)4-3-13-25(21)22(26)17-5-6-17/h11-12,15-19,21H,3-10,13-14H2,1-2H3,(H,23,24)/t16?,18?,19-,21+/m1/s1. The van der Waals surface area contributed by atoms with Crippen LogP contribution in [0.1, 0.15) is 76.8 Å². The molecule has 4 rings (SSSR count). The number of likely N-dealkylation sites (tertiary alicyclic amines) is 1. The van der Waals surface area contributed by atoms with Gasteiger partial charge in [0.1, 0.15) is 0 Å². The highest BCUT2D eigenvalue weighted by molar-refractivity contribution is 5.81. The van der Waals surface area contributed by atoms with Gasteiger partial charge in [-0.05, 0) is 69.3 Å². The molecule has 150 valence electrons. The molecular weight excluding hydrogens is 338 g/mol. The maximum atomic E-state index is 12.9. The zero-order chi connectivity index (χ0) is 18.8. The third-order valence-electron chi connectivity index (χ3n) is 7.07. The van der Waals surface area contributed by atoms with E-state index in [0.29, 0.717) is 24.5 Å². The van der Waals surface area contributed by atoms with E-state index in [-0.39, 0.29) is 12.0 Å². The van der Waals surface area contributed by atoms with Crippen LogP contribution in [-0.2, 0) is 9.53 Å². The predicted molar refractivity (Wildman–Crippen MR) is 105 cm³/mol. The maximum Gasteiger partial charge on any atom is 0.226 e. The summed E-state index contributed by atoms with van der Waals surface area (Å²) in [7, 11) is 0. The molecule has 2 aliphatic carbocycles. The van der Waals surface area contributed by atoms with Gasteiger partial charge in [0, 0.05) is 30.3 Å². The lowest BCUT2D eigenvalue weighted by atomic mass is 9.80. The number of rotatable bonds is 6. The number of amides is 1. The van der Waals surface area contributed by atoms with Crippen LogP contribution in [0.15, 0.2) is 12.3 Å². The molecule has 5 nitrogen and oxygen atoms in total. The maximum absolute atomic E-state index is 12.9. The highest BCUT2D eigenvalue weighted by atomic mass is 16.5. The van der Waals surface area contributed by atoms with Gasteiger partial charge in [0.2, 0.25) is 5.91 Å². The summed E-state index contributed by atoms with van der Waals surface area (Å²) < 4.78 is 6.43. The van der Waals surface area contributed by atoms with Gasteiger partial charge in [-0.15, -0.1) is 0 Å².